The average Bonchev–Trinajstić information content (AvgIpc) is 2.38. The number of ketones is 1. The van der Waals surface area contributed by atoms with Crippen LogP contribution in [0.4, 0.5) is 4.39 Å². The van der Waals surface area contributed by atoms with Gasteiger partial charge in [-0.05, 0) is 48.6 Å². The predicted octanol–water partition coefficient (Wildman–Crippen LogP) is 2.03. The van der Waals surface area contributed by atoms with E-state index in [1.807, 2.05) is 0 Å². The van der Waals surface area contributed by atoms with Gasteiger partial charge in [0.15, 0.2) is 5.78 Å². The van der Waals surface area contributed by atoms with E-state index in [2.05, 4.69) is 9.99 Å². The standard InChI is InChI=1S/C13H8FNO3/c14-10-3-1-9(2-4-10)13(17)18-15-11-5-7-12(16)8-6-11/h1-8H. The molecule has 2 rings (SSSR count). The average molecular weight is 245 g/mol. The topological polar surface area (TPSA) is 55.7 Å². The maximum Gasteiger partial charge on any atom is 0.365 e. The zero-order valence-corrected chi connectivity index (χ0v) is 9.17. The Kier molecular flexibility index (Phi) is 3.43. The van der Waals surface area contributed by atoms with Gasteiger partial charge in [0.25, 0.3) is 0 Å². The van der Waals surface area contributed by atoms with E-state index < -0.39 is 11.8 Å². The molecule has 1 aliphatic carbocycles. The molecule has 5 heteroatoms. The minimum atomic E-state index is -0.693. The van der Waals surface area contributed by atoms with Gasteiger partial charge in [-0.2, -0.15) is 0 Å². The van der Waals surface area contributed by atoms with E-state index in [1.54, 1.807) is 0 Å². The second kappa shape index (κ2) is 5.18. The van der Waals surface area contributed by atoms with E-state index in [4.69, 9.17) is 0 Å². The van der Waals surface area contributed by atoms with Crippen LogP contribution in [0, 0.1) is 5.82 Å². The largest absolute Gasteiger partial charge is 0.365 e. The summed E-state index contributed by atoms with van der Waals surface area (Å²) in [7, 11) is 0. The summed E-state index contributed by atoms with van der Waals surface area (Å²) in [6.07, 6.45) is 5.48. The molecule has 0 saturated heterocycles. The molecule has 18 heavy (non-hydrogen) atoms. The molecule has 90 valence electrons. The van der Waals surface area contributed by atoms with Gasteiger partial charge < -0.3 is 4.84 Å². The van der Waals surface area contributed by atoms with Crippen molar-refractivity contribution in [3.8, 4) is 0 Å². The highest BCUT2D eigenvalue weighted by molar-refractivity contribution is 6.16. The summed E-state index contributed by atoms with van der Waals surface area (Å²) in [5.74, 6) is -1.28. The third-order valence-corrected chi connectivity index (χ3v) is 2.15. The Hall–Kier alpha value is -2.56. The van der Waals surface area contributed by atoms with Gasteiger partial charge in [-0.15, -0.1) is 0 Å². The van der Waals surface area contributed by atoms with Crippen molar-refractivity contribution in [2.45, 2.75) is 0 Å². The molecule has 0 heterocycles. The van der Waals surface area contributed by atoms with E-state index in [0.29, 0.717) is 5.71 Å². The lowest BCUT2D eigenvalue weighted by molar-refractivity contribution is -0.110. The van der Waals surface area contributed by atoms with Gasteiger partial charge in [0.1, 0.15) is 11.5 Å². The number of carbonyl (C=O) groups excluding carboxylic acids is 2. The summed E-state index contributed by atoms with van der Waals surface area (Å²) in [4.78, 5) is 27.0. The summed E-state index contributed by atoms with van der Waals surface area (Å²) in [5, 5.41) is 3.56. The molecule has 4 nitrogen and oxygen atoms in total. The monoisotopic (exact) mass is 245 g/mol. The fourth-order valence-electron chi connectivity index (χ4n) is 1.24. The lowest BCUT2D eigenvalue weighted by Gasteiger charge is -2.00. The summed E-state index contributed by atoms with van der Waals surface area (Å²) in [6.45, 7) is 0. The predicted molar refractivity (Wildman–Crippen MR) is 62.5 cm³/mol. The molecule has 0 atom stereocenters. The van der Waals surface area contributed by atoms with Crippen LogP contribution in [-0.4, -0.2) is 17.5 Å². The van der Waals surface area contributed by atoms with Crippen LogP contribution in [0.5, 0.6) is 0 Å². The third kappa shape index (κ3) is 2.98. The molecule has 1 aliphatic rings. The highest BCUT2D eigenvalue weighted by Gasteiger charge is 2.07. The minimum Gasteiger partial charge on any atom is -0.312 e. The van der Waals surface area contributed by atoms with Crippen molar-refractivity contribution in [1.29, 1.82) is 0 Å². The molecule has 0 saturated carbocycles. The van der Waals surface area contributed by atoms with Crippen molar-refractivity contribution >= 4 is 17.5 Å². The number of halogens is 1. The van der Waals surface area contributed by atoms with Crippen molar-refractivity contribution in [3.63, 3.8) is 0 Å². The van der Waals surface area contributed by atoms with Gasteiger partial charge in [-0.1, -0.05) is 5.16 Å². The third-order valence-electron chi connectivity index (χ3n) is 2.15. The summed E-state index contributed by atoms with van der Waals surface area (Å²) >= 11 is 0. The summed E-state index contributed by atoms with van der Waals surface area (Å²) in [6, 6.07) is 4.91. The Morgan fingerprint density at radius 1 is 1.06 bits per heavy atom. The number of allylic oxidation sites excluding steroid dienone is 4. The van der Waals surface area contributed by atoms with Crippen LogP contribution in [0.15, 0.2) is 53.7 Å². The smallest absolute Gasteiger partial charge is 0.312 e. The van der Waals surface area contributed by atoms with Crippen LogP contribution in [0.25, 0.3) is 0 Å². The van der Waals surface area contributed by atoms with Gasteiger partial charge >= 0.3 is 5.97 Å². The minimum absolute atomic E-state index is 0.154. The zero-order chi connectivity index (χ0) is 13.0. The number of nitrogens with zero attached hydrogens (tertiary/aromatic N) is 1. The quantitative estimate of drug-likeness (QED) is 0.455. The molecule has 0 bridgehead atoms. The molecule has 1 aromatic rings. The van der Waals surface area contributed by atoms with E-state index in [9.17, 15) is 14.0 Å². The van der Waals surface area contributed by atoms with Crippen LogP contribution < -0.4 is 0 Å². The molecular formula is C13H8FNO3. The molecule has 0 fully saturated rings. The fourth-order valence-corrected chi connectivity index (χ4v) is 1.24. The first-order valence-corrected chi connectivity index (χ1v) is 5.10. The van der Waals surface area contributed by atoms with Crippen LogP contribution in [-0.2, 0) is 9.63 Å². The normalized spacial score (nSPS) is 13.6. The Morgan fingerprint density at radius 2 is 1.67 bits per heavy atom. The lowest BCUT2D eigenvalue weighted by atomic mass is 10.2. The maximum absolute atomic E-state index is 12.6. The van der Waals surface area contributed by atoms with Gasteiger partial charge in [0, 0.05) is 0 Å². The molecule has 0 N–H and O–H groups in total. The second-order valence-corrected chi connectivity index (χ2v) is 3.47. The molecule has 0 aliphatic heterocycles. The lowest BCUT2D eigenvalue weighted by Crippen LogP contribution is -2.04. The molecular weight excluding hydrogens is 237 g/mol. The second-order valence-electron chi connectivity index (χ2n) is 3.47. The van der Waals surface area contributed by atoms with Crippen molar-refractivity contribution < 1.29 is 18.8 Å². The number of rotatable bonds is 2. The van der Waals surface area contributed by atoms with E-state index in [1.165, 1.54) is 36.4 Å². The van der Waals surface area contributed by atoms with Gasteiger partial charge in [-0.3, -0.25) is 4.79 Å². The maximum atomic E-state index is 12.6. The Morgan fingerprint density at radius 3 is 2.28 bits per heavy atom. The number of hydrogen-bond acceptors (Lipinski definition) is 4. The molecule has 0 radical (unpaired) electrons. The molecule has 0 amide bonds. The number of benzene rings is 1. The van der Waals surface area contributed by atoms with E-state index in [0.717, 1.165) is 12.1 Å². The highest BCUT2D eigenvalue weighted by atomic mass is 19.1. The first kappa shape index (κ1) is 11.9. The first-order chi connectivity index (χ1) is 8.65. The van der Waals surface area contributed by atoms with Crippen LogP contribution in [0.1, 0.15) is 10.4 Å². The number of oxime groups is 1. The fraction of sp³-hybridized carbons (Fsp3) is 0. The molecule has 0 spiro atoms. The molecule has 0 unspecified atom stereocenters. The molecule has 0 aromatic heterocycles. The Balaban J connectivity index is 2.02. The molecule has 1 aromatic carbocycles. The highest BCUT2D eigenvalue weighted by Crippen LogP contribution is 2.05. The Bertz CT molecular complexity index is 552. The van der Waals surface area contributed by atoms with Crippen molar-refractivity contribution in [2.75, 3.05) is 0 Å². The van der Waals surface area contributed by atoms with Gasteiger partial charge in [0.2, 0.25) is 0 Å². The Labute approximate surface area is 102 Å². The summed E-state index contributed by atoms with van der Waals surface area (Å²) < 4.78 is 12.6. The van der Waals surface area contributed by atoms with Gasteiger partial charge in [-0.25, -0.2) is 9.18 Å². The van der Waals surface area contributed by atoms with Crippen molar-refractivity contribution in [3.05, 3.63) is 60.0 Å². The van der Waals surface area contributed by atoms with Crippen LogP contribution in [0.3, 0.4) is 0 Å². The van der Waals surface area contributed by atoms with Gasteiger partial charge in [0.05, 0.1) is 5.56 Å². The van der Waals surface area contributed by atoms with E-state index in [-0.39, 0.29) is 11.3 Å². The number of hydrogen-bond donors (Lipinski definition) is 0. The van der Waals surface area contributed by atoms with Crippen molar-refractivity contribution in [2.24, 2.45) is 5.16 Å². The zero-order valence-electron chi connectivity index (χ0n) is 9.17. The number of carbonyl (C=O) groups is 2. The summed E-state index contributed by atoms with van der Waals surface area (Å²) in [5.41, 5.74) is 0.547. The van der Waals surface area contributed by atoms with Crippen LogP contribution in [0.2, 0.25) is 0 Å². The SMILES string of the molecule is O=C1C=CC(=NOC(=O)c2ccc(F)cc2)C=C1. The van der Waals surface area contributed by atoms with Crippen LogP contribution >= 0.6 is 0 Å². The van der Waals surface area contributed by atoms with E-state index >= 15 is 0 Å². The first-order valence-electron chi connectivity index (χ1n) is 5.10. The van der Waals surface area contributed by atoms with Crippen molar-refractivity contribution in [1.82, 2.24) is 0 Å².